The van der Waals surface area contributed by atoms with Gasteiger partial charge in [-0.05, 0) is 78.5 Å². The fourth-order valence-corrected chi connectivity index (χ4v) is 6.07. The van der Waals surface area contributed by atoms with Crippen molar-refractivity contribution in [2.75, 3.05) is 43.6 Å². The first-order valence-electron chi connectivity index (χ1n) is 14.7. The van der Waals surface area contributed by atoms with E-state index in [9.17, 15) is 13.9 Å². The number of benzene rings is 1. The summed E-state index contributed by atoms with van der Waals surface area (Å²) in [6.07, 6.45) is 1.45. The van der Waals surface area contributed by atoms with Crippen LogP contribution in [0.5, 0.6) is 0 Å². The van der Waals surface area contributed by atoms with E-state index in [1.165, 1.54) is 4.57 Å². The van der Waals surface area contributed by atoms with Crippen LogP contribution >= 0.6 is 0 Å². The van der Waals surface area contributed by atoms with Crippen molar-refractivity contribution in [1.29, 1.82) is 0 Å². The number of nitrogens with one attached hydrogen (secondary N) is 1. The van der Waals surface area contributed by atoms with Gasteiger partial charge in [0.1, 0.15) is 11.6 Å². The van der Waals surface area contributed by atoms with Crippen LogP contribution in [0.1, 0.15) is 65.6 Å². The molecule has 1 aromatic carbocycles. The minimum atomic E-state index is -2.76. The van der Waals surface area contributed by atoms with Gasteiger partial charge in [0.2, 0.25) is 5.95 Å². The molecule has 11 heteroatoms. The second-order valence-corrected chi connectivity index (χ2v) is 12.2. The number of aromatic nitrogens is 4. The van der Waals surface area contributed by atoms with Crippen LogP contribution in [0.4, 0.5) is 20.5 Å². The zero-order valence-corrected chi connectivity index (χ0v) is 24.7. The highest BCUT2D eigenvalue weighted by molar-refractivity contribution is 5.78. The van der Waals surface area contributed by atoms with Crippen molar-refractivity contribution in [3.05, 3.63) is 36.2 Å². The number of nitrogens with zero attached hydrogens (tertiary/aromatic N) is 6. The van der Waals surface area contributed by atoms with Gasteiger partial charge in [-0.15, -0.1) is 0 Å². The maximum absolute atomic E-state index is 14.2. The molecule has 1 unspecified atom stereocenters. The SMILES string of the molecule is CC(N(C)C1CCC(CNc2nc(N3CCOC[C@H]3C)cc(-n3c(C(F)F)nc4ccccc43)n2)CC1)C(C)(C)O. The number of imidazole rings is 1. The average molecular weight is 572 g/mol. The number of fused-ring (bicyclic) bond motifs is 1. The van der Waals surface area contributed by atoms with Crippen LogP contribution in [0.3, 0.4) is 0 Å². The first-order chi connectivity index (χ1) is 19.5. The molecule has 41 heavy (non-hydrogen) atoms. The van der Waals surface area contributed by atoms with Crippen molar-refractivity contribution < 1.29 is 18.6 Å². The maximum Gasteiger partial charge on any atom is 0.296 e. The molecule has 5 rings (SSSR count). The summed E-state index contributed by atoms with van der Waals surface area (Å²) in [7, 11) is 2.10. The van der Waals surface area contributed by atoms with Gasteiger partial charge in [-0.1, -0.05) is 12.1 Å². The Morgan fingerprint density at radius 1 is 1.12 bits per heavy atom. The number of halogens is 2. The third-order valence-corrected chi connectivity index (χ3v) is 8.95. The molecule has 0 radical (unpaired) electrons. The van der Waals surface area contributed by atoms with Crippen molar-refractivity contribution in [2.45, 2.75) is 83.5 Å². The highest BCUT2D eigenvalue weighted by Gasteiger charge is 2.33. The fraction of sp³-hybridized carbons (Fsp3) is 0.633. The van der Waals surface area contributed by atoms with Gasteiger partial charge in [0.25, 0.3) is 6.43 Å². The topological polar surface area (TPSA) is 91.6 Å². The first-order valence-corrected chi connectivity index (χ1v) is 14.7. The molecule has 2 N–H and O–H groups in total. The monoisotopic (exact) mass is 571 g/mol. The van der Waals surface area contributed by atoms with Gasteiger partial charge in [-0.3, -0.25) is 9.47 Å². The van der Waals surface area contributed by atoms with Crippen LogP contribution < -0.4 is 10.2 Å². The second-order valence-electron chi connectivity index (χ2n) is 12.2. The normalized spacial score (nSPS) is 23.0. The van der Waals surface area contributed by atoms with E-state index in [-0.39, 0.29) is 17.9 Å². The molecule has 2 fully saturated rings. The molecule has 0 spiro atoms. The van der Waals surface area contributed by atoms with E-state index in [1.807, 2.05) is 19.9 Å². The summed E-state index contributed by atoms with van der Waals surface area (Å²) in [6, 6.07) is 9.50. The van der Waals surface area contributed by atoms with Crippen molar-refractivity contribution in [3.8, 4) is 5.82 Å². The summed E-state index contributed by atoms with van der Waals surface area (Å²) in [6.45, 7) is 10.4. The number of aliphatic hydroxyl groups is 1. The molecule has 2 atom stereocenters. The molecule has 3 aromatic rings. The van der Waals surface area contributed by atoms with E-state index >= 15 is 0 Å². The van der Waals surface area contributed by atoms with Crippen molar-refractivity contribution >= 4 is 22.8 Å². The Hall–Kier alpha value is -2.89. The molecule has 0 bridgehead atoms. The van der Waals surface area contributed by atoms with Crippen molar-refractivity contribution in [3.63, 3.8) is 0 Å². The zero-order valence-electron chi connectivity index (χ0n) is 24.7. The average Bonchev–Trinajstić information content (AvgIpc) is 3.35. The third-order valence-electron chi connectivity index (χ3n) is 8.95. The summed E-state index contributed by atoms with van der Waals surface area (Å²) < 4.78 is 35.4. The number of rotatable bonds is 9. The highest BCUT2D eigenvalue weighted by Crippen LogP contribution is 2.32. The first kappa shape index (κ1) is 29.6. The van der Waals surface area contributed by atoms with E-state index in [2.05, 4.69) is 41.0 Å². The molecular weight excluding hydrogens is 528 g/mol. The quantitative estimate of drug-likeness (QED) is 0.369. The number of para-hydroxylation sites is 2. The van der Waals surface area contributed by atoms with E-state index in [4.69, 9.17) is 14.7 Å². The number of alkyl halides is 2. The van der Waals surface area contributed by atoms with Crippen LogP contribution in [-0.2, 0) is 4.74 Å². The Morgan fingerprint density at radius 2 is 1.83 bits per heavy atom. The van der Waals surface area contributed by atoms with Gasteiger partial charge in [-0.2, -0.15) is 9.97 Å². The summed E-state index contributed by atoms with van der Waals surface area (Å²) in [5.74, 6) is 1.58. The lowest BCUT2D eigenvalue weighted by Crippen LogP contribution is -2.50. The van der Waals surface area contributed by atoms with Crippen LogP contribution in [-0.4, -0.2) is 86.6 Å². The van der Waals surface area contributed by atoms with Gasteiger partial charge >= 0.3 is 0 Å². The number of likely N-dealkylation sites (N-methyl/N-ethyl adjacent to an activating group) is 1. The van der Waals surface area contributed by atoms with Crippen LogP contribution in [0, 0.1) is 5.92 Å². The molecule has 1 aliphatic carbocycles. The number of anilines is 2. The molecule has 9 nitrogen and oxygen atoms in total. The van der Waals surface area contributed by atoms with Crippen molar-refractivity contribution in [1.82, 2.24) is 24.4 Å². The smallest absolute Gasteiger partial charge is 0.296 e. The molecule has 2 aliphatic rings. The third kappa shape index (κ3) is 6.47. The molecular formula is C30H43F2N7O2. The lowest BCUT2D eigenvalue weighted by atomic mass is 9.84. The van der Waals surface area contributed by atoms with Crippen LogP contribution in [0.2, 0.25) is 0 Å². The minimum Gasteiger partial charge on any atom is -0.389 e. The molecule has 0 amide bonds. The molecule has 1 aliphatic heterocycles. The van der Waals surface area contributed by atoms with E-state index in [0.29, 0.717) is 66.9 Å². The summed E-state index contributed by atoms with van der Waals surface area (Å²) in [4.78, 5) is 18.3. The standard InChI is InChI=1S/C30H43F2N7O2/c1-19-18-41-15-14-38(19)25-16-26(39-24-9-7-6-8-23(24)34-28(39)27(31)32)36-29(35-25)33-17-21-10-12-22(13-11-21)37(5)20(2)30(3,4)40/h6-9,16,19-22,27,40H,10-15,17-18H2,1-5H3,(H,33,35,36)/t19-,20?,21?,22?/m1/s1. The highest BCUT2D eigenvalue weighted by atomic mass is 19.3. The molecule has 1 saturated carbocycles. The Balaban J connectivity index is 1.38. The number of hydrogen-bond donors (Lipinski definition) is 2. The Morgan fingerprint density at radius 3 is 2.51 bits per heavy atom. The lowest BCUT2D eigenvalue weighted by Gasteiger charge is -2.42. The van der Waals surface area contributed by atoms with Crippen LogP contribution in [0.15, 0.2) is 30.3 Å². The maximum atomic E-state index is 14.2. The predicted octanol–water partition coefficient (Wildman–Crippen LogP) is 5.04. The summed E-state index contributed by atoms with van der Waals surface area (Å²) in [5, 5.41) is 13.9. The van der Waals surface area contributed by atoms with Gasteiger partial charge in [0.05, 0.1) is 35.9 Å². The predicted molar refractivity (Wildman–Crippen MR) is 157 cm³/mol. The molecule has 2 aromatic heterocycles. The number of ether oxygens (including phenoxy) is 1. The van der Waals surface area contributed by atoms with Gasteiger partial charge in [-0.25, -0.2) is 13.8 Å². The lowest BCUT2D eigenvalue weighted by molar-refractivity contribution is -0.0244. The van der Waals surface area contributed by atoms with Gasteiger partial charge in [0, 0.05) is 31.2 Å². The number of morpholine rings is 1. The Bertz CT molecular complexity index is 1320. The summed E-state index contributed by atoms with van der Waals surface area (Å²) in [5.41, 5.74) is 0.324. The van der Waals surface area contributed by atoms with Gasteiger partial charge in [0.15, 0.2) is 5.82 Å². The van der Waals surface area contributed by atoms with Crippen molar-refractivity contribution in [2.24, 2.45) is 5.92 Å². The largest absolute Gasteiger partial charge is 0.389 e. The Kier molecular flexibility index (Phi) is 8.77. The number of hydrogen-bond acceptors (Lipinski definition) is 8. The second kappa shape index (κ2) is 12.1. The minimum absolute atomic E-state index is 0.0664. The van der Waals surface area contributed by atoms with E-state index in [1.54, 1.807) is 24.3 Å². The van der Waals surface area contributed by atoms with E-state index in [0.717, 1.165) is 25.7 Å². The molecule has 1 saturated heterocycles. The summed E-state index contributed by atoms with van der Waals surface area (Å²) >= 11 is 0. The van der Waals surface area contributed by atoms with E-state index < -0.39 is 12.0 Å². The zero-order chi connectivity index (χ0) is 29.3. The fourth-order valence-electron chi connectivity index (χ4n) is 6.07. The van der Waals surface area contributed by atoms with Gasteiger partial charge < -0.3 is 20.1 Å². The molecule has 224 valence electrons. The van der Waals surface area contributed by atoms with Crippen LogP contribution in [0.25, 0.3) is 16.9 Å². The Labute approximate surface area is 240 Å². The molecule has 3 heterocycles.